The zero-order valence-electron chi connectivity index (χ0n) is 21.3. The monoisotopic (exact) mass is 513 g/mol. The Hall–Kier alpha value is -4.05. The molecule has 1 saturated carbocycles. The standard InChI is InChI=1S/C28H28FN7O2/c1-15-19(12-32-27-21(37)3-6-30-26(15)27)18-7-16-9-23(31-11-17(16)8-20(18)29)33-24-10-22-28(4-5-28)14-35(2)25(38)13-36(22)34-24/h7-12,21,30,37H,3-6,13-14H2,1-2H3,(H,31,33,34)/t21-/m1/s1. The van der Waals surface area contributed by atoms with Gasteiger partial charge in [-0.2, -0.15) is 5.10 Å². The van der Waals surface area contributed by atoms with Crippen molar-refractivity contribution in [3.8, 4) is 11.1 Å². The van der Waals surface area contributed by atoms with E-state index in [1.54, 1.807) is 17.3 Å². The number of aliphatic hydroxyl groups excluding tert-OH is 1. The molecule has 1 spiro atoms. The molecule has 1 fully saturated rings. The molecule has 3 aliphatic rings. The second-order valence-corrected chi connectivity index (χ2v) is 10.8. The zero-order valence-corrected chi connectivity index (χ0v) is 21.3. The Balaban J connectivity index is 1.23. The van der Waals surface area contributed by atoms with Crippen molar-refractivity contribution in [1.29, 1.82) is 0 Å². The van der Waals surface area contributed by atoms with Crippen LogP contribution in [-0.4, -0.2) is 55.8 Å². The quantitative estimate of drug-likeness (QED) is 0.380. The van der Waals surface area contributed by atoms with Crippen LogP contribution < -0.4 is 10.6 Å². The molecule has 7 rings (SSSR count). The van der Waals surface area contributed by atoms with Gasteiger partial charge in [-0.3, -0.25) is 14.5 Å². The zero-order chi connectivity index (χ0) is 26.2. The molecule has 1 aliphatic carbocycles. The summed E-state index contributed by atoms with van der Waals surface area (Å²) in [5.74, 6) is 0.919. The summed E-state index contributed by atoms with van der Waals surface area (Å²) < 4.78 is 17.1. The van der Waals surface area contributed by atoms with Crippen molar-refractivity contribution >= 4 is 34.0 Å². The van der Waals surface area contributed by atoms with Gasteiger partial charge in [0, 0.05) is 66.2 Å². The number of amides is 1. The second-order valence-electron chi connectivity index (χ2n) is 10.8. The van der Waals surface area contributed by atoms with Gasteiger partial charge in [-0.05, 0) is 55.3 Å². The number of rotatable bonds is 3. The summed E-state index contributed by atoms with van der Waals surface area (Å²) in [7, 11) is 1.85. The molecule has 3 aromatic heterocycles. The van der Waals surface area contributed by atoms with E-state index >= 15 is 4.39 Å². The minimum Gasteiger partial charge on any atom is -0.387 e. The third kappa shape index (κ3) is 3.62. The Labute approximate surface area is 218 Å². The maximum absolute atomic E-state index is 15.3. The van der Waals surface area contributed by atoms with Crippen molar-refractivity contribution < 1.29 is 14.3 Å². The van der Waals surface area contributed by atoms with Crippen LogP contribution in [0.15, 0.2) is 36.7 Å². The number of benzene rings is 1. The smallest absolute Gasteiger partial charge is 0.244 e. The average molecular weight is 514 g/mol. The molecule has 0 unspecified atom stereocenters. The van der Waals surface area contributed by atoms with Gasteiger partial charge in [0.25, 0.3) is 0 Å². The second kappa shape index (κ2) is 8.22. The highest BCUT2D eigenvalue weighted by Crippen LogP contribution is 2.50. The number of aliphatic hydroxyl groups is 1. The number of fused-ring (bicyclic) bond motifs is 4. The van der Waals surface area contributed by atoms with Gasteiger partial charge in [0.1, 0.15) is 18.2 Å². The number of aromatic nitrogens is 4. The fraction of sp³-hybridized carbons (Fsp3) is 0.357. The van der Waals surface area contributed by atoms with Crippen LogP contribution in [0.5, 0.6) is 0 Å². The molecule has 3 N–H and O–H groups in total. The van der Waals surface area contributed by atoms with Gasteiger partial charge in [-0.1, -0.05) is 0 Å². The van der Waals surface area contributed by atoms with Gasteiger partial charge < -0.3 is 20.6 Å². The minimum absolute atomic E-state index is 0.0112. The van der Waals surface area contributed by atoms with Gasteiger partial charge in [-0.25, -0.2) is 9.37 Å². The van der Waals surface area contributed by atoms with Gasteiger partial charge in [0.15, 0.2) is 5.82 Å². The van der Waals surface area contributed by atoms with Crippen molar-refractivity contribution in [3.05, 3.63) is 59.4 Å². The molecular formula is C28H28FN7O2. The average Bonchev–Trinajstić information content (AvgIpc) is 3.57. The lowest BCUT2D eigenvalue weighted by atomic mass is 9.95. The predicted octanol–water partition coefficient (Wildman–Crippen LogP) is 4.04. The lowest BCUT2D eigenvalue weighted by molar-refractivity contribution is -0.130. The largest absolute Gasteiger partial charge is 0.387 e. The molecule has 38 heavy (non-hydrogen) atoms. The molecule has 1 aromatic carbocycles. The lowest BCUT2D eigenvalue weighted by Gasteiger charge is -2.25. The van der Waals surface area contributed by atoms with Crippen molar-refractivity contribution in [2.24, 2.45) is 0 Å². The molecule has 4 aromatic rings. The number of likely N-dealkylation sites (N-methyl/N-ethyl adjacent to an activating group) is 1. The van der Waals surface area contributed by atoms with Crippen LogP contribution in [0, 0.1) is 12.7 Å². The third-order valence-electron chi connectivity index (χ3n) is 8.18. The number of halogens is 1. The molecule has 9 nitrogen and oxygen atoms in total. The van der Waals surface area contributed by atoms with Crippen molar-refractivity contribution in [3.63, 3.8) is 0 Å². The molecule has 0 saturated heterocycles. The topological polar surface area (TPSA) is 108 Å². The molecular weight excluding hydrogens is 485 g/mol. The van der Waals surface area contributed by atoms with Crippen LogP contribution in [0.25, 0.3) is 21.9 Å². The Kier molecular flexibility index (Phi) is 5.00. The van der Waals surface area contributed by atoms with E-state index in [0.717, 1.165) is 35.2 Å². The van der Waals surface area contributed by atoms with E-state index in [1.165, 1.54) is 6.07 Å². The maximum atomic E-state index is 15.3. The van der Waals surface area contributed by atoms with Crippen LogP contribution in [0.3, 0.4) is 0 Å². The fourth-order valence-electron chi connectivity index (χ4n) is 5.87. The van der Waals surface area contributed by atoms with Gasteiger partial charge in [-0.15, -0.1) is 0 Å². The van der Waals surface area contributed by atoms with Crippen molar-refractivity contribution in [2.45, 2.75) is 44.2 Å². The molecule has 2 aliphatic heterocycles. The Morgan fingerprint density at radius 2 is 1.95 bits per heavy atom. The van der Waals surface area contributed by atoms with E-state index in [4.69, 9.17) is 0 Å². The number of anilines is 3. The predicted molar refractivity (Wildman–Crippen MR) is 142 cm³/mol. The first-order chi connectivity index (χ1) is 18.3. The number of carbonyl (C=O) groups excluding carboxylic acids is 1. The Morgan fingerprint density at radius 1 is 1.11 bits per heavy atom. The first kappa shape index (κ1) is 23.1. The number of nitrogens with one attached hydrogen (secondary N) is 2. The highest BCUT2D eigenvalue weighted by molar-refractivity contribution is 5.90. The van der Waals surface area contributed by atoms with E-state index in [2.05, 4.69) is 25.7 Å². The first-order valence-corrected chi connectivity index (χ1v) is 12.9. The summed E-state index contributed by atoms with van der Waals surface area (Å²) >= 11 is 0. The fourth-order valence-corrected chi connectivity index (χ4v) is 5.87. The minimum atomic E-state index is -0.619. The summed E-state index contributed by atoms with van der Waals surface area (Å²) in [6.07, 6.45) is 5.35. The van der Waals surface area contributed by atoms with Gasteiger partial charge in [0.2, 0.25) is 5.91 Å². The number of pyridine rings is 2. The van der Waals surface area contributed by atoms with Crippen LogP contribution in [0.4, 0.5) is 21.7 Å². The number of carbonyl (C=O) groups is 1. The number of hydrogen-bond acceptors (Lipinski definition) is 7. The summed E-state index contributed by atoms with van der Waals surface area (Å²) in [5, 5.41) is 23.1. The van der Waals surface area contributed by atoms with Crippen LogP contribution in [0.2, 0.25) is 0 Å². The molecule has 0 bridgehead atoms. The van der Waals surface area contributed by atoms with E-state index in [0.29, 0.717) is 53.4 Å². The van der Waals surface area contributed by atoms with Crippen molar-refractivity contribution in [1.82, 2.24) is 24.6 Å². The Morgan fingerprint density at radius 3 is 2.76 bits per heavy atom. The molecule has 1 amide bonds. The summed E-state index contributed by atoms with van der Waals surface area (Å²) in [6.45, 7) is 3.50. The first-order valence-electron chi connectivity index (χ1n) is 12.9. The van der Waals surface area contributed by atoms with Crippen LogP contribution >= 0.6 is 0 Å². The van der Waals surface area contributed by atoms with E-state index in [9.17, 15) is 9.90 Å². The number of nitrogens with zero attached hydrogens (tertiary/aromatic N) is 5. The normalized spacial score (nSPS) is 19.6. The molecule has 5 heterocycles. The lowest BCUT2D eigenvalue weighted by Crippen LogP contribution is -2.32. The van der Waals surface area contributed by atoms with Gasteiger partial charge in [0.05, 0.1) is 17.5 Å². The molecule has 1 atom stereocenters. The maximum Gasteiger partial charge on any atom is 0.244 e. The van der Waals surface area contributed by atoms with Crippen LogP contribution in [0.1, 0.15) is 42.3 Å². The van der Waals surface area contributed by atoms with E-state index in [-0.39, 0.29) is 23.7 Å². The highest BCUT2D eigenvalue weighted by Gasteiger charge is 2.50. The summed E-state index contributed by atoms with van der Waals surface area (Å²) in [6, 6.07) is 7.19. The third-order valence-corrected chi connectivity index (χ3v) is 8.18. The SMILES string of the molecule is Cc1c(-c2cc3cc(Nc4cc5n(n4)CC(=O)N(C)CC54CC4)ncc3cc2F)cnc2c1NCC[C@H]2O. The summed E-state index contributed by atoms with van der Waals surface area (Å²) in [4.78, 5) is 23.2. The van der Waals surface area contributed by atoms with Crippen LogP contribution in [-0.2, 0) is 16.8 Å². The van der Waals surface area contributed by atoms with Gasteiger partial charge >= 0.3 is 0 Å². The van der Waals surface area contributed by atoms with E-state index in [1.807, 2.05) is 36.9 Å². The molecule has 10 heteroatoms. The Bertz CT molecular complexity index is 1630. The molecule has 0 radical (unpaired) electrons. The number of hydrogen-bond donors (Lipinski definition) is 3. The van der Waals surface area contributed by atoms with E-state index < -0.39 is 6.10 Å². The summed E-state index contributed by atoms with van der Waals surface area (Å²) in [5.41, 5.74) is 4.42. The highest BCUT2D eigenvalue weighted by atomic mass is 19.1. The van der Waals surface area contributed by atoms with Crippen molar-refractivity contribution in [2.75, 3.05) is 30.8 Å². The molecule has 194 valence electrons.